The van der Waals surface area contributed by atoms with Crippen molar-refractivity contribution in [2.45, 2.75) is 284 Å². The summed E-state index contributed by atoms with van der Waals surface area (Å²) in [5.41, 5.74) is 0. The number of allylic oxidation sites excluding steroid dienone is 14. The highest BCUT2D eigenvalue weighted by molar-refractivity contribution is 5.71. The minimum Gasteiger partial charge on any atom is -0.462 e. The van der Waals surface area contributed by atoms with E-state index in [9.17, 15) is 14.4 Å². The minimum atomic E-state index is -0.789. The van der Waals surface area contributed by atoms with Crippen LogP contribution < -0.4 is 0 Å². The third-order valence-electron chi connectivity index (χ3n) is 12.4. The lowest BCUT2D eigenvalue weighted by atomic mass is 10.1. The molecule has 1 atom stereocenters. The molecule has 6 nitrogen and oxygen atoms in total. The fourth-order valence-electron chi connectivity index (χ4n) is 7.99. The van der Waals surface area contributed by atoms with Gasteiger partial charge in [-0.3, -0.25) is 14.4 Å². The molecule has 6 heteroatoms. The van der Waals surface area contributed by atoms with E-state index in [0.717, 1.165) is 116 Å². The van der Waals surface area contributed by atoms with Crippen molar-refractivity contribution in [3.8, 4) is 0 Å². The first-order valence-corrected chi connectivity index (χ1v) is 29.1. The summed E-state index contributed by atoms with van der Waals surface area (Å²) in [6.45, 7) is 6.48. The molecule has 69 heavy (non-hydrogen) atoms. The summed E-state index contributed by atoms with van der Waals surface area (Å²) in [7, 11) is 0. The highest BCUT2D eigenvalue weighted by atomic mass is 16.6. The summed E-state index contributed by atoms with van der Waals surface area (Å²) in [6.07, 6.45) is 74.3. The van der Waals surface area contributed by atoms with Gasteiger partial charge in [0.2, 0.25) is 0 Å². The number of hydrogen-bond donors (Lipinski definition) is 0. The average Bonchev–Trinajstić information content (AvgIpc) is 3.35. The second-order valence-corrected chi connectivity index (χ2v) is 19.2. The van der Waals surface area contributed by atoms with E-state index in [2.05, 4.69) is 106 Å². The van der Waals surface area contributed by atoms with Gasteiger partial charge in [0.15, 0.2) is 6.10 Å². The zero-order valence-corrected chi connectivity index (χ0v) is 45.3. The van der Waals surface area contributed by atoms with Gasteiger partial charge < -0.3 is 14.2 Å². The molecular weight excluding hydrogens is 853 g/mol. The molecular formula is C63H108O6. The van der Waals surface area contributed by atoms with Crippen molar-refractivity contribution in [1.29, 1.82) is 0 Å². The maximum Gasteiger partial charge on any atom is 0.306 e. The maximum atomic E-state index is 12.8. The van der Waals surface area contributed by atoms with Gasteiger partial charge in [-0.05, 0) is 116 Å². The fourth-order valence-corrected chi connectivity index (χ4v) is 7.99. The van der Waals surface area contributed by atoms with Gasteiger partial charge in [-0.25, -0.2) is 0 Å². The molecule has 0 rings (SSSR count). The monoisotopic (exact) mass is 961 g/mol. The molecule has 0 N–H and O–H groups in total. The number of esters is 3. The number of hydrogen-bond acceptors (Lipinski definition) is 6. The molecule has 0 fully saturated rings. The third kappa shape index (κ3) is 55.4. The first-order chi connectivity index (χ1) is 34.0. The van der Waals surface area contributed by atoms with Crippen molar-refractivity contribution in [1.82, 2.24) is 0 Å². The molecule has 1 unspecified atom stereocenters. The van der Waals surface area contributed by atoms with Crippen molar-refractivity contribution >= 4 is 17.9 Å². The first kappa shape index (κ1) is 65.6. The van der Waals surface area contributed by atoms with Crippen LogP contribution in [0, 0.1) is 0 Å². The molecule has 0 bridgehead atoms. The van der Waals surface area contributed by atoms with E-state index in [1.807, 2.05) is 0 Å². The minimum absolute atomic E-state index is 0.0867. The van der Waals surface area contributed by atoms with Crippen LogP contribution in [0.3, 0.4) is 0 Å². The van der Waals surface area contributed by atoms with E-state index in [-0.39, 0.29) is 31.1 Å². The Bertz CT molecular complexity index is 1330. The molecule has 0 radical (unpaired) electrons. The molecule has 396 valence electrons. The smallest absolute Gasteiger partial charge is 0.306 e. The SMILES string of the molecule is CC/C=C\C/C=C\C/C=C\C/C=C\CCCCCCCCCCCCC(=O)OCC(COC(=O)CCCCCCC/C=C\CCCCC)OC(=O)CCCCCCC/C=C\C/C=C\CCCCCC. The van der Waals surface area contributed by atoms with Crippen LogP contribution in [0.4, 0.5) is 0 Å². The summed E-state index contributed by atoms with van der Waals surface area (Å²) in [4.78, 5) is 38.1. The highest BCUT2D eigenvalue weighted by Crippen LogP contribution is 2.15. The Kier molecular flexibility index (Phi) is 54.3. The Balaban J connectivity index is 4.34. The van der Waals surface area contributed by atoms with Crippen molar-refractivity contribution < 1.29 is 28.6 Å². The molecule has 0 aliphatic heterocycles. The van der Waals surface area contributed by atoms with E-state index in [4.69, 9.17) is 14.2 Å². The lowest BCUT2D eigenvalue weighted by Crippen LogP contribution is -2.30. The topological polar surface area (TPSA) is 78.9 Å². The number of unbranched alkanes of at least 4 members (excludes halogenated alkanes) is 27. The van der Waals surface area contributed by atoms with E-state index in [1.165, 1.54) is 122 Å². The third-order valence-corrected chi connectivity index (χ3v) is 12.4. The molecule has 0 aliphatic rings. The summed E-state index contributed by atoms with van der Waals surface area (Å²) in [5, 5.41) is 0. The number of carbonyl (C=O) groups excluding carboxylic acids is 3. The number of ether oxygens (including phenoxy) is 3. The standard InChI is InChI=1S/C63H108O6/c1-4-7-10-13-16-19-22-25-27-29-30-31-32-33-34-35-37-38-41-44-47-50-53-56-62(65)68-59-60(58-67-61(64)55-52-49-46-43-40-24-21-18-15-12-9-6-3)69-63(66)57-54-51-48-45-42-39-36-28-26-23-20-17-14-11-8-5-2/h7,10,16,18-21,23,25,27-28,30-31,36,60H,4-6,8-9,11-15,17,22,24,26,29,32-35,37-59H2,1-3H3/b10-7-,19-16-,21-18-,23-20-,27-25-,31-30-,36-28-. The van der Waals surface area contributed by atoms with Gasteiger partial charge in [0.25, 0.3) is 0 Å². The normalized spacial score (nSPS) is 12.7. The Morgan fingerprint density at radius 3 is 0.928 bits per heavy atom. The van der Waals surface area contributed by atoms with Gasteiger partial charge in [0.05, 0.1) is 0 Å². The zero-order chi connectivity index (χ0) is 50.0. The van der Waals surface area contributed by atoms with Crippen LogP contribution in [0.5, 0.6) is 0 Å². The molecule has 0 spiro atoms. The molecule has 0 saturated carbocycles. The first-order valence-electron chi connectivity index (χ1n) is 29.1. The van der Waals surface area contributed by atoms with Crippen molar-refractivity contribution in [3.63, 3.8) is 0 Å². The van der Waals surface area contributed by atoms with Gasteiger partial charge in [-0.1, -0.05) is 228 Å². The zero-order valence-electron chi connectivity index (χ0n) is 45.3. The molecule has 0 amide bonds. The summed E-state index contributed by atoms with van der Waals surface area (Å²) in [5.74, 6) is -0.908. The largest absolute Gasteiger partial charge is 0.462 e. The van der Waals surface area contributed by atoms with Gasteiger partial charge >= 0.3 is 17.9 Å². The average molecular weight is 962 g/mol. The summed E-state index contributed by atoms with van der Waals surface area (Å²) in [6, 6.07) is 0. The highest BCUT2D eigenvalue weighted by Gasteiger charge is 2.19. The van der Waals surface area contributed by atoms with Crippen LogP contribution in [-0.2, 0) is 28.6 Å². The lowest BCUT2D eigenvalue weighted by Gasteiger charge is -2.18. The molecule has 0 aromatic rings. The Labute approximate surface area is 426 Å². The van der Waals surface area contributed by atoms with Crippen molar-refractivity contribution in [2.75, 3.05) is 13.2 Å². The van der Waals surface area contributed by atoms with Crippen LogP contribution in [0.1, 0.15) is 278 Å². The van der Waals surface area contributed by atoms with Gasteiger partial charge in [0, 0.05) is 19.3 Å². The summed E-state index contributed by atoms with van der Waals surface area (Å²) < 4.78 is 16.8. The van der Waals surface area contributed by atoms with Crippen molar-refractivity contribution in [2.24, 2.45) is 0 Å². The quantitative estimate of drug-likeness (QED) is 0.0262. The molecule has 0 saturated heterocycles. The second-order valence-electron chi connectivity index (χ2n) is 19.2. The van der Waals surface area contributed by atoms with E-state index in [0.29, 0.717) is 19.3 Å². The maximum absolute atomic E-state index is 12.8. The fraction of sp³-hybridized carbons (Fsp3) is 0.730. The van der Waals surface area contributed by atoms with Crippen LogP contribution in [0.15, 0.2) is 85.1 Å². The van der Waals surface area contributed by atoms with Gasteiger partial charge in [-0.2, -0.15) is 0 Å². The van der Waals surface area contributed by atoms with E-state index in [1.54, 1.807) is 0 Å². The second kappa shape index (κ2) is 57.2. The van der Waals surface area contributed by atoms with Crippen LogP contribution in [0.2, 0.25) is 0 Å². The van der Waals surface area contributed by atoms with Crippen LogP contribution in [-0.4, -0.2) is 37.2 Å². The van der Waals surface area contributed by atoms with Crippen LogP contribution in [0.25, 0.3) is 0 Å². The molecule has 0 aliphatic carbocycles. The van der Waals surface area contributed by atoms with E-state index >= 15 is 0 Å². The Morgan fingerprint density at radius 1 is 0.304 bits per heavy atom. The Hall–Kier alpha value is -3.41. The molecule has 0 aromatic heterocycles. The van der Waals surface area contributed by atoms with Gasteiger partial charge in [-0.15, -0.1) is 0 Å². The molecule has 0 aromatic carbocycles. The van der Waals surface area contributed by atoms with Crippen LogP contribution >= 0.6 is 0 Å². The van der Waals surface area contributed by atoms with Gasteiger partial charge in [0.1, 0.15) is 13.2 Å². The predicted octanol–water partition coefficient (Wildman–Crippen LogP) is 19.5. The predicted molar refractivity (Wildman–Crippen MR) is 297 cm³/mol. The molecule has 0 heterocycles. The number of carbonyl (C=O) groups is 3. The number of rotatable bonds is 52. The lowest BCUT2D eigenvalue weighted by molar-refractivity contribution is -0.167. The summed E-state index contributed by atoms with van der Waals surface area (Å²) >= 11 is 0. The van der Waals surface area contributed by atoms with E-state index < -0.39 is 6.10 Å². The van der Waals surface area contributed by atoms with Crippen molar-refractivity contribution in [3.05, 3.63) is 85.1 Å². The Morgan fingerprint density at radius 2 is 0.565 bits per heavy atom.